The van der Waals surface area contributed by atoms with Crippen LogP contribution in [0.25, 0.3) is 0 Å². The predicted molar refractivity (Wildman–Crippen MR) is 83.8 cm³/mol. The van der Waals surface area contributed by atoms with E-state index in [0.29, 0.717) is 11.3 Å². The summed E-state index contributed by atoms with van der Waals surface area (Å²) in [6.07, 6.45) is 0. The van der Waals surface area contributed by atoms with E-state index >= 15 is 0 Å². The number of carbonyl (C=O) groups is 2. The third-order valence-electron chi connectivity index (χ3n) is 2.96. The molecule has 2 aromatic rings. The predicted octanol–water partition coefficient (Wildman–Crippen LogP) is 3.43. The molecule has 0 fully saturated rings. The van der Waals surface area contributed by atoms with Gasteiger partial charge in [-0.15, -0.1) is 0 Å². The first-order valence-corrected chi connectivity index (χ1v) is 6.85. The van der Waals surface area contributed by atoms with Gasteiger partial charge in [0.05, 0.1) is 10.6 Å². The Morgan fingerprint density at radius 1 is 1.14 bits per heavy atom. The van der Waals surface area contributed by atoms with Crippen LogP contribution in [0.3, 0.4) is 0 Å². The number of anilines is 1. The molecule has 2 rings (SSSR count). The molecule has 0 atom stereocenters. The molecule has 0 aliphatic heterocycles. The lowest BCUT2D eigenvalue weighted by Gasteiger charge is -2.12. The van der Waals surface area contributed by atoms with Gasteiger partial charge >= 0.3 is 0 Å². The van der Waals surface area contributed by atoms with E-state index in [4.69, 9.17) is 11.6 Å². The minimum atomic E-state index is -0.703. The molecule has 0 unspecified atom stereocenters. The lowest BCUT2D eigenvalue weighted by atomic mass is 10.1. The molecule has 0 spiro atoms. The zero-order valence-corrected chi connectivity index (χ0v) is 12.8. The van der Waals surface area contributed by atoms with Crippen LogP contribution in [0.4, 0.5) is 10.1 Å². The molecule has 0 aliphatic rings. The van der Waals surface area contributed by atoms with E-state index in [2.05, 4.69) is 5.32 Å². The molecule has 2 amide bonds. The monoisotopic (exact) mass is 320 g/mol. The minimum Gasteiger partial charge on any atom is -0.345 e. The smallest absolute Gasteiger partial charge is 0.260 e. The highest BCUT2D eigenvalue weighted by Crippen LogP contribution is 2.21. The van der Waals surface area contributed by atoms with Gasteiger partial charge in [0.2, 0.25) is 0 Å². The average molecular weight is 321 g/mol. The maximum Gasteiger partial charge on any atom is 0.260 e. The number of amides is 2. The van der Waals surface area contributed by atoms with Crippen LogP contribution in [0.15, 0.2) is 42.5 Å². The number of hydrogen-bond donors (Lipinski definition) is 1. The van der Waals surface area contributed by atoms with E-state index in [0.717, 1.165) is 6.07 Å². The van der Waals surface area contributed by atoms with Crippen molar-refractivity contribution in [1.29, 1.82) is 0 Å². The molecule has 22 heavy (non-hydrogen) atoms. The molecule has 0 saturated heterocycles. The summed E-state index contributed by atoms with van der Waals surface area (Å²) in [4.78, 5) is 25.5. The van der Waals surface area contributed by atoms with Crippen molar-refractivity contribution < 1.29 is 14.0 Å². The van der Waals surface area contributed by atoms with Crippen molar-refractivity contribution in [1.82, 2.24) is 4.90 Å². The van der Waals surface area contributed by atoms with E-state index in [-0.39, 0.29) is 16.5 Å². The summed E-state index contributed by atoms with van der Waals surface area (Å²) >= 11 is 5.85. The third kappa shape index (κ3) is 3.43. The normalized spacial score (nSPS) is 10.2. The summed E-state index contributed by atoms with van der Waals surface area (Å²) in [5, 5.41) is 2.57. The van der Waals surface area contributed by atoms with Gasteiger partial charge < -0.3 is 10.2 Å². The van der Waals surface area contributed by atoms with Gasteiger partial charge in [-0.2, -0.15) is 0 Å². The number of hydrogen-bond acceptors (Lipinski definition) is 2. The number of nitrogens with zero attached hydrogens (tertiary/aromatic N) is 1. The molecule has 0 heterocycles. The van der Waals surface area contributed by atoms with Crippen LogP contribution < -0.4 is 5.32 Å². The molecule has 0 radical (unpaired) electrons. The molecular formula is C16H14ClFN2O2. The van der Waals surface area contributed by atoms with Crippen LogP contribution >= 0.6 is 11.6 Å². The molecular weight excluding hydrogens is 307 g/mol. The lowest BCUT2D eigenvalue weighted by Crippen LogP contribution is -2.22. The molecule has 4 nitrogen and oxygen atoms in total. The molecule has 6 heteroatoms. The second-order valence-electron chi connectivity index (χ2n) is 4.83. The molecule has 1 N–H and O–H groups in total. The average Bonchev–Trinajstić information content (AvgIpc) is 2.46. The number of benzene rings is 2. The first-order chi connectivity index (χ1) is 10.4. The first kappa shape index (κ1) is 16.0. The van der Waals surface area contributed by atoms with Gasteiger partial charge in [0.1, 0.15) is 5.82 Å². The van der Waals surface area contributed by atoms with Crippen molar-refractivity contribution in [2.45, 2.75) is 0 Å². The van der Waals surface area contributed by atoms with Crippen LogP contribution in [0.5, 0.6) is 0 Å². The summed E-state index contributed by atoms with van der Waals surface area (Å²) < 4.78 is 13.7. The fourth-order valence-corrected chi connectivity index (χ4v) is 2.15. The van der Waals surface area contributed by atoms with Crippen LogP contribution in [-0.2, 0) is 0 Å². The highest BCUT2D eigenvalue weighted by molar-refractivity contribution is 6.34. The molecule has 0 bridgehead atoms. The Kier molecular flexibility index (Phi) is 4.78. The van der Waals surface area contributed by atoms with E-state index in [1.165, 1.54) is 23.1 Å². The van der Waals surface area contributed by atoms with Crippen LogP contribution in [-0.4, -0.2) is 30.8 Å². The van der Waals surface area contributed by atoms with Crippen molar-refractivity contribution >= 4 is 29.1 Å². The fourth-order valence-electron chi connectivity index (χ4n) is 1.90. The quantitative estimate of drug-likeness (QED) is 0.942. The number of carbonyl (C=O) groups excluding carboxylic acids is 2. The first-order valence-electron chi connectivity index (χ1n) is 6.47. The van der Waals surface area contributed by atoms with E-state index in [9.17, 15) is 14.0 Å². The second-order valence-corrected chi connectivity index (χ2v) is 5.24. The zero-order chi connectivity index (χ0) is 16.3. The summed E-state index contributed by atoms with van der Waals surface area (Å²) in [5.74, 6) is -1.57. The Hall–Kier alpha value is -2.40. The van der Waals surface area contributed by atoms with Gasteiger partial charge in [-0.25, -0.2) is 4.39 Å². The molecule has 114 valence electrons. The SMILES string of the molecule is CN(C)C(=O)c1cccc(NC(=O)c2c(F)cccc2Cl)c1. The lowest BCUT2D eigenvalue weighted by molar-refractivity contribution is 0.0827. The van der Waals surface area contributed by atoms with Crippen LogP contribution in [0, 0.1) is 5.82 Å². The summed E-state index contributed by atoms with van der Waals surface area (Å²) in [6, 6.07) is 10.4. The van der Waals surface area contributed by atoms with Gasteiger partial charge in [0, 0.05) is 25.3 Å². The van der Waals surface area contributed by atoms with Crippen molar-refractivity contribution in [2.24, 2.45) is 0 Å². The Morgan fingerprint density at radius 2 is 1.82 bits per heavy atom. The van der Waals surface area contributed by atoms with Gasteiger partial charge in [-0.05, 0) is 30.3 Å². The molecule has 2 aromatic carbocycles. The third-order valence-corrected chi connectivity index (χ3v) is 3.28. The topological polar surface area (TPSA) is 49.4 Å². The minimum absolute atomic E-state index is 0.0259. The van der Waals surface area contributed by atoms with Crippen molar-refractivity contribution in [2.75, 3.05) is 19.4 Å². The second kappa shape index (κ2) is 6.58. The van der Waals surface area contributed by atoms with Crippen molar-refractivity contribution in [3.63, 3.8) is 0 Å². The molecule has 0 aliphatic carbocycles. The van der Waals surface area contributed by atoms with E-state index < -0.39 is 11.7 Å². The largest absolute Gasteiger partial charge is 0.345 e. The highest BCUT2D eigenvalue weighted by Gasteiger charge is 2.16. The van der Waals surface area contributed by atoms with E-state index in [1.807, 2.05) is 0 Å². The highest BCUT2D eigenvalue weighted by atomic mass is 35.5. The van der Waals surface area contributed by atoms with Gasteiger partial charge in [0.15, 0.2) is 0 Å². The summed E-state index contributed by atoms with van der Waals surface area (Å²) in [6.45, 7) is 0. The summed E-state index contributed by atoms with van der Waals surface area (Å²) in [5.41, 5.74) is 0.577. The standard InChI is InChI=1S/C16H14ClFN2O2/c1-20(2)16(22)10-5-3-6-11(9-10)19-15(21)14-12(17)7-4-8-13(14)18/h3-9H,1-2H3,(H,19,21). The number of rotatable bonds is 3. The Bertz CT molecular complexity index is 712. The zero-order valence-electron chi connectivity index (χ0n) is 12.1. The Balaban J connectivity index is 2.26. The molecule has 0 aromatic heterocycles. The number of halogens is 2. The van der Waals surface area contributed by atoms with Crippen LogP contribution in [0.1, 0.15) is 20.7 Å². The summed E-state index contributed by atoms with van der Waals surface area (Å²) in [7, 11) is 3.26. The Labute approximate surface area is 132 Å². The van der Waals surface area contributed by atoms with Crippen LogP contribution in [0.2, 0.25) is 5.02 Å². The Morgan fingerprint density at radius 3 is 2.45 bits per heavy atom. The fraction of sp³-hybridized carbons (Fsp3) is 0.125. The maximum absolute atomic E-state index is 13.7. The number of nitrogens with one attached hydrogen (secondary N) is 1. The van der Waals surface area contributed by atoms with E-state index in [1.54, 1.807) is 32.3 Å². The van der Waals surface area contributed by atoms with Crippen molar-refractivity contribution in [3.05, 3.63) is 64.4 Å². The molecule has 0 saturated carbocycles. The van der Waals surface area contributed by atoms with Gasteiger partial charge in [-0.1, -0.05) is 23.7 Å². The maximum atomic E-state index is 13.7. The van der Waals surface area contributed by atoms with Gasteiger partial charge in [0.25, 0.3) is 11.8 Å². The van der Waals surface area contributed by atoms with Gasteiger partial charge in [-0.3, -0.25) is 9.59 Å². The van der Waals surface area contributed by atoms with Crippen molar-refractivity contribution in [3.8, 4) is 0 Å².